The van der Waals surface area contributed by atoms with Crippen molar-refractivity contribution in [3.05, 3.63) is 46.2 Å². The second kappa shape index (κ2) is 7.02. The maximum atomic E-state index is 12.0. The van der Waals surface area contributed by atoms with Gasteiger partial charge in [-0.15, -0.1) is 11.3 Å². The molecule has 6 nitrogen and oxygen atoms in total. The van der Waals surface area contributed by atoms with Crippen molar-refractivity contribution in [2.75, 3.05) is 10.7 Å². The van der Waals surface area contributed by atoms with Gasteiger partial charge in [-0.3, -0.25) is 10.2 Å². The minimum Gasteiger partial charge on any atom is -0.321 e. The maximum absolute atomic E-state index is 12.0. The molecule has 2 aromatic rings. The van der Waals surface area contributed by atoms with Gasteiger partial charge >= 0.3 is 0 Å². The molecule has 0 bridgehead atoms. The predicted molar refractivity (Wildman–Crippen MR) is 85.7 cm³/mol. The first-order chi connectivity index (χ1) is 10.6. The zero-order chi connectivity index (χ0) is 15.9. The smallest absolute Gasteiger partial charge is 0.265 e. The van der Waals surface area contributed by atoms with Crippen molar-refractivity contribution in [2.24, 2.45) is 5.10 Å². The first kappa shape index (κ1) is 15.2. The van der Waals surface area contributed by atoms with Gasteiger partial charge in [-0.25, -0.2) is 0 Å². The topological polar surface area (TPSA) is 101 Å². The van der Waals surface area contributed by atoms with Crippen LogP contribution in [0.1, 0.15) is 15.2 Å². The van der Waals surface area contributed by atoms with Gasteiger partial charge in [0.1, 0.15) is 12.1 Å². The van der Waals surface area contributed by atoms with Crippen LogP contribution in [-0.4, -0.2) is 11.6 Å². The van der Waals surface area contributed by atoms with Gasteiger partial charge in [-0.05, 0) is 42.1 Å². The number of amides is 1. The summed E-state index contributed by atoms with van der Waals surface area (Å²) in [5.74, 6) is -0.159. The molecule has 0 radical (unpaired) electrons. The molecule has 2 rings (SSSR count). The maximum Gasteiger partial charge on any atom is 0.265 e. The molecule has 0 aliphatic heterocycles. The highest BCUT2D eigenvalue weighted by Gasteiger charge is 2.08. The van der Waals surface area contributed by atoms with Crippen LogP contribution in [0.2, 0.25) is 0 Å². The predicted octanol–water partition coefficient (Wildman–Crippen LogP) is 3.12. The van der Waals surface area contributed by atoms with E-state index >= 15 is 0 Å². The zero-order valence-electron chi connectivity index (χ0n) is 11.6. The monoisotopic (exact) mass is 309 g/mol. The summed E-state index contributed by atoms with van der Waals surface area (Å²) in [6.45, 7) is 1.84. The lowest BCUT2D eigenvalue weighted by Crippen LogP contribution is -2.11. The van der Waals surface area contributed by atoms with Crippen molar-refractivity contribution in [3.63, 3.8) is 0 Å². The Hall–Kier alpha value is -3.16. The summed E-state index contributed by atoms with van der Waals surface area (Å²) in [7, 11) is 0. The lowest BCUT2D eigenvalue weighted by atomic mass is 10.2. The molecule has 0 saturated carbocycles. The molecule has 0 unspecified atom stereocenters. The Morgan fingerprint density at radius 1 is 1.27 bits per heavy atom. The Labute approximate surface area is 131 Å². The van der Waals surface area contributed by atoms with Gasteiger partial charge in [0.05, 0.1) is 10.6 Å². The number of carbonyl (C=O) groups is 1. The number of hydrazone groups is 1. The molecule has 0 atom stereocenters. The van der Waals surface area contributed by atoms with E-state index in [0.717, 1.165) is 5.56 Å². The molecule has 2 N–H and O–H groups in total. The van der Waals surface area contributed by atoms with Crippen LogP contribution >= 0.6 is 11.3 Å². The van der Waals surface area contributed by atoms with Gasteiger partial charge < -0.3 is 5.32 Å². The minimum absolute atomic E-state index is 0.159. The molecule has 0 aliphatic rings. The van der Waals surface area contributed by atoms with Crippen LogP contribution in [0.4, 0.5) is 11.4 Å². The number of rotatable bonds is 4. The second-order valence-electron chi connectivity index (χ2n) is 4.26. The number of anilines is 2. The molecule has 0 fully saturated rings. The molecule has 108 valence electrons. The van der Waals surface area contributed by atoms with Crippen molar-refractivity contribution >= 4 is 34.3 Å². The van der Waals surface area contributed by atoms with Crippen LogP contribution in [-0.2, 0) is 0 Å². The molecular formula is C15H11N5OS. The van der Waals surface area contributed by atoms with Crippen LogP contribution in [0.25, 0.3) is 0 Å². The molecule has 1 heterocycles. The van der Waals surface area contributed by atoms with E-state index in [0.29, 0.717) is 16.3 Å². The van der Waals surface area contributed by atoms with Crippen molar-refractivity contribution in [3.8, 4) is 12.1 Å². The Kier molecular flexibility index (Phi) is 4.86. The molecule has 0 saturated heterocycles. The minimum atomic E-state index is -0.257. The standard InChI is InChI=1S/C15H11N5OS/c1-10-7-11(19-20-12(8-16)9-17)4-5-13(10)18-15(21)14-3-2-6-22-14/h2-7,19H,1H3,(H,18,21). The third kappa shape index (κ3) is 3.69. The molecule has 1 aromatic heterocycles. The Balaban J connectivity index is 2.10. The third-order valence-corrected chi connectivity index (χ3v) is 3.60. The lowest BCUT2D eigenvalue weighted by molar-refractivity contribution is 0.103. The molecule has 7 heteroatoms. The number of hydrogen-bond acceptors (Lipinski definition) is 6. The average molecular weight is 309 g/mol. The summed E-state index contributed by atoms with van der Waals surface area (Å²) in [6.07, 6.45) is 0. The van der Waals surface area contributed by atoms with Crippen LogP contribution in [0.5, 0.6) is 0 Å². The van der Waals surface area contributed by atoms with Gasteiger partial charge in [-0.1, -0.05) is 6.07 Å². The van der Waals surface area contributed by atoms with E-state index in [1.54, 1.807) is 36.4 Å². The number of carbonyl (C=O) groups excluding carboxylic acids is 1. The van der Waals surface area contributed by atoms with Gasteiger partial charge in [0.2, 0.25) is 5.71 Å². The number of nitrogens with zero attached hydrogens (tertiary/aromatic N) is 3. The van der Waals surface area contributed by atoms with Crippen LogP contribution in [0, 0.1) is 29.6 Å². The van der Waals surface area contributed by atoms with Gasteiger partial charge in [0.25, 0.3) is 5.91 Å². The average Bonchev–Trinajstić information content (AvgIpc) is 3.05. The number of nitrogens with one attached hydrogen (secondary N) is 2. The van der Waals surface area contributed by atoms with Crippen LogP contribution < -0.4 is 10.7 Å². The summed E-state index contributed by atoms with van der Waals surface area (Å²) < 4.78 is 0. The van der Waals surface area contributed by atoms with Crippen LogP contribution in [0.15, 0.2) is 40.8 Å². The lowest BCUT2D eigenvalue weighted by Gasteiger charge is -2.09. The number of nitriles is 2. The molecule has 0 aliphatic carbocycles. The molecule has 0 spiro atoms. The number of thiophene rings is 1. The third-order valence-electron chi connectivity index (χ3n) is 2.73. The molecule has 1 amide bonds. The highest BCUT2D eigenvalue weighted by atomic mass is 32.1. The number of benzene rings is 1. The van der Waals surface area contributed by atoms with Gasteiger partial charge in [0.15, 0.2) is 0 Å². The van der Waals surface area contributed by atoms with Crippen molar-refractivity contribution < 1.29 is 4.79 Å². The van der Waals surface area contributed by atoms with Crippen molar-refractivity contribution in [1.29, 1.82) is 10.5 Å². The molecular weight excluding hydrogens is 298 g/mol. The first-order valence-electron chi connectivity index (χ1n) is 6.23. The summed E-state index contributed by atoms with van der Waals surface area (Å²) >= 11 is 1.37. The zero-order valence-corrected chi connectivity index (χ0v) is 12.4. The van der Waals surface area contributed by atoms with Gasteiger partial charge in [0, 0.05) is 5.69 Å². The summed E-state index contributed by atoms with van der Waals surface area (Å²) in [5.41, 5.74) is 4.51. The fourth-order valence-electron chi connectivity index (χ4n) is 1.66. The van der Waals surface area contributed by atoms with E-state index in [2.05, 4.69) is 15.8 Å². The Morgan fingerprint density at radius 2 is 2.05 bits per heavy atom. The van der Waals surface area contributed by atoms with Crippen LogP contribution in [0.3, 0.4) is 0 Å². The Morgan fingerprint density at radius 3 is 2.64 bits per heavy atom. The normalized spacial score (nSPS) is 9.23. The SMILES string of the molecule is Cc1cc(NN=C(C#N)C#N)ccc1NC(=O)c1cccs1. The highest BCUT2D eigenvalue weighted by molar-refractivity contribution is 7.12. The first-order valence-corrected chi connectivity index (χ1v) is 7.11. The van der Waals surface area contributed by atoms with Gasteiger partial charge in [-0.2, -0.15) is 15.6 Å². The van der Waals surface area contributed by atoms with E-state index in [-0.39, 0.29) is 11.6 Å². The molecule has 1 aromatic carbocycles. The van der Waals surface area contributed by atoms with E-state index in [1.807, 2.05) is 18.4 Å². The Bertz CT molecular complexity index is 780. The number of hydrogen-bond donors (Lipinski definition) is 2. The number of aryl methyl sites for hydroxylation is 1. The fourth-order valence-corrected chi connectivity index (χ4v) is 2.28. The molecule has 22 heavy (non-hydrogen) atoms. The summed E-state index contributed by atoms with van der Waals surface area (Å²) in [6, 6.07) is 12.1. The summed E-state index contributed by atoms with van der Waals surface area (Å²) in [5, 5.41) is 25.5. The fraction of sp³-hybridized carbons (Fsp3) is 0.0667. The van der Waals surface area contributed by atoms with Crippen molar-refractivity contribution in [2.45, 2.75) is 6.92 Å². The van der Waals surface area contributed by atoms with Crippen molar-refractivity contribution in [1.82, 2.24) is 0 Å². The quantitative estimate of drug-likeness (QED) is 0.669. The van der Waals surface area contributed by atoms with E-state index < -0.39 is 0 Å². The second-order valence-corrected chi connectivity index (χ2v) is 5.20. The van der Waals surface area contributed by atoms with E-state index in [1.165, 1.54) is 11.3 Å². The highest BCUT2D eigenvalue weighted by Crippen LogP contribution is 2.21. The largest absolute Gasteiger partial charge is 0.321 e. The summed E-state index contributed by atoms with van der Waals surface area (Å²) in [4.78, 5) is 12.6. The van der Waals surface area contributed by atoms with E-state index in [9.17, 15) is 4.79 Å². The van der Waals surface area contributed by atoms with E-state index in [4.69, 9.17) is 10.5 Å².